The van der Waals surface area contributed by atoms with Crippen LogP contribution in [0.2, 0.25) is 0 Å². The van der Waals surface area contributed by atoms with Gasteiger partial charge in [0.05, 0.1) is 0 Å². The van der Waals surface area contributed by atoms with Gasteiger partial charge in [-0.1, -0.05) is 24.3 Å². The molecule has 0 heterocycles. The van der Waals surface area contributed by atoms with Crippen LogP contribution in [-0.4, -0.2) is 23.0 Å². The number of carbonyl (C=O) groups is 2. The Morgan fingerprint density at radius 3 is 2.69 bits per heavy atom. The number of hydrogen-bond donors (Lipinski definition) is 2. The van der Waals surface area contributed by atoms with Crippen molar-refractivity contribution in [3.05, 3.63) is 35.4 Å². The summed E-state index contributed by atoms with van der Waals surface area (Å²) in [5.41, 5.74) is 2.20. The Balaban J connectivity index is 2.19. The van der Waals surface area contributed by atoms with Crippen molar-refractivity contribution >= 4 is 11.9 Å². The molecule has 0 fully saturated rings. The van der Waals surface area contributed by atoms with E-state index in [4.69, 9.17) is 5.11 Å². The topological polar surface area (TPSA) is 66.4 Å². The Kier molecular flexibility index (Phi) is 2.64. The molecule has 0 radical (unpaired) electrons. The molecule has 0 spiro atoms. The molecule has 1 amide bonds. The lowest BCUT2D eigenvalue weighted by atomic mass is 9.73. The van der Waals surface area contributed by atoms with Crippen molar-refractivity contribution in [2.45, 2.75) is 25.3 Å². The minimum atomic E-state index is -0.977. The van der Waals surface area contributed by atoms with Gasteiger partial charge in [-0.2, -0.15) is 0 Å². The number of rotatable bonds is 3. The van der Waals surface area contributed by atoms with Crippen LogP contribution in [0, 0.1) is 0 Å². The first-order chi connectivity index (χ1) is 7.59. The predicted molar refractivity (Wildman–Crippen MR) is 58.1 cm³/mol. The molecule has 0 aromatic heterocycles. The largest absolute Gasteiger partial charge is 0.480 e. The van der Waals surface area contributed by atoms with Crippen LogP contribution in [0.1, 0.15) is 24.0 Å². The molecule has 4 nitrogen and oxygen atoms in total. The van der Waals surface area contributed by atoms with E-state index in [1.807, 2.05) is 24.3 Å². The van der Waals surface area contributed by atoms with Crippen LogP contribution in [0.3, 0.4) is 0 Å². The zero-order chi connectivity index (χ0) is 11.7. The van der Waals surface area contributed by atoms with Crippen LogP contribution >= 0.6 is 0 Å². The second-order valence-electron chi connectivity index (χ2n) is 4.03. The second-order valence-corrected chi connectivity index (χ2v) is 4.03. The molecule has 0 bridgehead atoms. The molecule has 2 rings (SSSR count). The summed E-state index contributed by atoms with van der Waals surface area (Å²) in [4.78, 5) is 22.0. The van der Waals surface area contributed by atoms with E-state index in [0.717, 1.165) is 5.56 Å². The summed E-state index contributed by atoms with van der Waals surface area (Å²) >= 11 is 0. The van der Waals surface area contributed by atoms with Crippen molar-refractivity contribution in [1.82, 2.24) is 5.32 Å². The highest BCUT2D eigenvalue weighted by atomic mass is 16.4. The number of aliphatic carboxylic acids is 1. The van der Waals surface area contributed by atoms with Crippen LogP contribution in [0.25, 0.3) is 0 Å². The zero-order valence-electron chi connectivity index (χ0n) is 8.93. The Labute approximate surface area is 93.3 Å². The molecule has 2 atom stereocenters. The smallest absolute Gasteiger partial charge is 0.326 e. The third-order valence-electron chi connectivity index (χ3n) is 2.92. The van der Waals surface area contributed by atoms with E-state index in [-0.39, 0.29) is 11.8 Å². The lowest BCUT2D eigenvalue weighted by Crippen LogP contribution is -2.47. The fourth-order valence-electron chi connectivity index (χ4n) is 2.15. The molecule has 0 unspecified atom stereocenters. The molecule has 16 heavy (non-hydrogen) atoms. The van der Waals surface area contributed by atoms with Gasteiger partial charge < -0.3 is 10.4 Å². The van der Waals surface area contributed by atoms with Crippen LogP contribution in [0.15, 0.2) is 24.3 Å². The first kappa shape index (κ1) is 10.7. The fourth-order valence-corrected chi connectivity index (χ4v) is 2.15. The molecule has 0 saturated carbocycles. The zero-order valence-corrected chi connectivity index (χ0v) is 8.93. The predicted octanol–water partition coefficient (Wildman–Crippen LogP) is 0.916. The van der Waals surface area contributed by atoms with Crippen LogP contribution < -0.4 is 5.32 Å². The average molecular weight is 219 g/mol. The fraction of sp³-hybridized carbons (Fsp3) is 0.333. The third-order valence-corrected chi connectivity index (χ3v) is 2.92. The Morgan fingerprint density at radius 2 is 2.12 bits per heavy atom. The molecule has 1 aliphatic rings. The maximum atomic E-state index is 11.1. The monoisotopic (exact) mass is 219 g/mol. The van der Waals surface area contributed by atoms with E-state index in [1.165, 1.54) is 12.5 Å². The van der Waals surface area contributed by atoms with E-state index >= 15 is 0 Å². The van der Waals surface area contributed by atoms with Gasteiger partial charge in [0.2, 0.25) is 5.91 Å². The number of fused-ring (bicyclic) bond motifs is 1. The molecule has 1 aliphatic carbocycles. The van der Waals surface area contributed by atoms with Gasteiger partial charge in [0.1, 0.15) is 6.04 Å². The van der Waals surface area contributed by atoms with Gasteiger partial charge in [-0.15, -0.1) is 0 Å². The van der Waals surface area contributed by atoms with Gasteiger partial charge in [-0.3, -0.25) is 4.79 Å². The van der Waals surface area contributed by atoms with Gasteiger partial charge in [-0.05, 0) is 17.5 Å². The van der Waals surface area contributed by atoms with Gasteiger partial charge in [0, 0.05) is 12.8 Å². The summed E-state index contributed by atoms with van der Waals surface area (Å²) in [6, 6.07) is 6.91. The lowest BCUT2D eigenvalue weighted by Gasteiger charge is -2.34. The van der Waals surface area contributed by atoms with Crippen molar-refractivity contribution in [3.63, 3.8) is 0 Å². The number of carboxylic acids is 1. The molecule has 84 valence electrons. The Hall–Kier alpha value is -1.84. The lowest BCUT2D eigenvalue weighted by molar-refractivity contribution is -0.142. The second kappa shape index (κ2) is 3.96. The average Bonchev–Trinajstić information content (AvgIpc) is 2.17. The van der Waals surface area contributed by atoms with Crippen molar-refractivity contribution < 1.29 is 14.7 Å². The van der Waals surface area contributed by atoms with E-state index in [2.05, 4.69) is 5.32 Å². The van der Waals surface area contributed by atoms with Crippen LogP contribution in [0.5, 0.6) is 0 Å². The van der Waals surface area contributed by atoms with E-state index in [0.29, 0.717) is 6.42 Å². The molecule has 4 heteroatoms. The number of carboxylic acid groups (broad SMARTS) is 1. The minimum absolute atomic E-state index is 0.0994. The van der Waals surface area contributed by atoms with Gasteiger partial charge in [0.15, 0.2) is 0 Å². The third kappa shape index (κ3) is 1.78. The molecule has 2 N–H and O–H groups in total. The van der Waals surface area contributed by atoms with Crippen molar-refractivity contribution in [3.8, 4) is 0 Å². The maximum absolute atomic E-state index is 11.1. The van der Waals surface area contributed by atoms with Crippen molar-refractivity contribution in [1.29, 1.82) is 0 Å². The number of carbonyl (C=O) groups excluding carboxylic acids is 1. The molecule has 0 saturated heterocycles. The number of benzene rings is 1. The van der Waals surface area contributed by atoms with Gasteiger partial charge in [-0.25, -0.2) is 4.79 Å². The summed E-state index contributed by atoms with van der Waals surface area (Å²) in [5.74, 6) is -1.39. The summed E-state index contributed by atoms with van der Waals surface area (Å²) < 4.78 is 0. The maximum Gasteiger partial charge on any atom is 0.326 e. The number of amides is 1. The molecular weight excluding hydrogens is 206 g/mol. The highest BCUT2D eigenvalue weighted by molar-refractivity contribution is 5.83. The van der Waals surface area contributed by atoms with E-state index in [9.17, 15) is 9.59 Å². The number of hydrogen-bond acceptors (Lipinski definition) is 2. The summed E-state index contributed by atoms with van der Waals surface area (Å²) in [7, 11) is 0. The van der Waals surface area contributed by atoms with E-state index in [1.54, 1.807) is 0 Å². The Bertz CT molecular complexity index is 442. The highest BCUT2D eigenvalue weighted by Gasteiger charge is 2.37. The Morgan fingerprint density at radius 1 is 1.44 bits per heavy atom. The van der Waals surface area contributed by atoms with Crippen LogP contribution in [0.4, 0.5) is 0 Å². The highest BCUT2D eigenvalue weighted by Crippen LogP contribution is 2.37. The molecule has 1 aromatic rings. The molecule has 0 aliphatic heterocycles. The van der Waals surface area contributed by atoms with E-state index < -0.39 is 12.0 Å². The van der Waals surface area contributed by atoms with Crippen molar-refractivity contribution in [2.75, 3.05) is 0 Å². The molecular formula is C12H13NO3. The first-order valence-electron chi connectivity index (χ1n) is 5.17. The van der Waals surface area contributed by atoms with Crippen molar-refractivity contribution in [2.24, 2.45) is 0 Å². The summed E-state index contributed by atoms with van der Waals surface area (Å²) in [6.07, 6.45) is 0.716. The number of nitrogens with one attached hydrogen (secondary N) is 1. The minimum Gasteiger partial charge on any atom is -0.480 e. The van der Waals surface area contributed by atoms with Crippen LogP contribution in [-0.2, 0) is 16.0 Å². The summed E-state index contributed by atoms with van der Waals surface area (Å²) in [5, 5.41) is 11.6. The standard InChI is InChI=1S/C12H13NO3/c1-7(14)13-11(12(15)16)10-6-8-4-2-3-5-9(8)10/h2-5,10-11H,6H2,1H3,(H,13,14)(H,15,16)/t10-,11-/m0/s1. The normalized spacial score (nSPS) is 19.2. The quantitative estimate of drug-likeness (QED) is 0.794. The summed E-state index contributed by atoms with van der Waals surface area (Å²) in [6.45, 7) is 1.33. The SMILES string of the molecule is CC(=O)N[C@H](C(=O)O)[C@H]1Cc2ccccc21. The van der Waals surface area contributed by atoms with Gasteiger partial charge >= 0.3 is 5.97 Å². The molecule has 1 aromatic carbocycles. The van der Waals surface area contributed by atoms with Gasteiger partial charge in [0.25, 0.3) is 0 Å². The first-order valence-corrected chi connectivity index (χ1v) is 5.17.